The van der Waals surface area contributed by atoms with E-state index in [4.69, 9.17) is 0 Å². The largest absolute Gasteiger partial charge is 0.341 e. The standard InChI is InChI=1S/C18H17BrN2O2/c1-13(18(23)21-16-10-8-15(19)9-11-16)20-17(22)12-7-14-5-3-2-4-6-14/h2-13H,1H3,(H,20,22)(H,21,23)/b12-7+. The summed E-state index contributed by atoms with van der Waals surface area (Å²) in [5.74, 6) is -0.582. The van der Waals surface area contributed by atoms with Gasteiger partial charge in [-0.2, -0.15) is 0 Å². The maximum atomic E-state index is 12.0. The maximum Gasteiger partial charge on any atom is 0.246 e. The SMILES string of the molecule is CC(NC(=O)/C=C/c1ccccc1)C(=O)Nc1ccc(Br)cc1. The first-order valence-corrected chi connectivity index (χ1v) is 7.94. The molecule has 0 spiro atoms. The van der Waals surface area contributed by atoms with Crippen LogP contribution in [0.15, 0.2) is 65.1 Å². The lowest BCUT2D eigenvalue weighted by molar-refractivity contribution is -0.123. The minimum Gasteiger partial charge on any atom is -0.341 e. The number of benzene rings is 2. The van der Waals surface area contributed by atoms with Gasteiger partial charge in [-0.05, 0) is 42.8 Å². The van der Waals surface area contributed by atoms with Gasteiger partial charge in [0.25, 0.3) is 0 Å². The Labute approximate surface area is 143 Å². The molecule has 0 bridgehead atoms. The second-order valence-electron chi connectivity index (χ2n) is 4.97. The number of rotatable bonds is 5. The van der Waals surface area contributed by atoms with Crippen molar-refractivity contribution in [2.45, 2.75) is 13.0 Å². The highest BCUT2D eigenvalue weighted by atomic mass is 79.9. The number of hydrogen-bond acceptors (Lipinski definition) is 2. The van der Waals surface area contributed by atoms with Gasteiger partial charge < -0.3 is 10.6 Å². The number of nitrogens with one attached hydrogen (secondary N) is 2. The second-order valence-corrected chi connectivity index (χ2v) is 5.89. The maximum absolute atomic E-state index is 12.0. The van der Waals surface area contributed by atoms with E-state index < -0.39 is 6.04 Å². The van der Waals surface area contributed by atoms with Crippen LogP contribution < -0.4 is 10.6 Å². The van der Waals surface area contributed by atoms with Crippen molar-refractivity contribution >= 4 is 39.5 Å². The third kappa shape index (κ3) is 5.71. The first-order valence-electron chi connectivity index (χ1n) is 7.14. The van der Waals surface area contributed by atoms with Crippen molar-refractivity contribution < 1.29 is 9.59 Å². The first-order chi connectivity index (χ1) is 11.0. The Morgan fingerprint density at radius 1 is 1.04 bits per heavy atom. The molecule has 0 aliphatic rings. The Morgan fingerprint density at radius 3 is 2.35 bits per heavy atom. The molecule has 1 unspecified atom stereocenters. The lowest BCUT2D eigenvalue weighted by atomic mass is 10.2. The van der Waals surface area contributed by atoms with Gasteiger partial charge in [-0.3, -0.25) is 9.59 Å². The van der Waals surface area contributed by atoms with Crippen LogP contribution in [0.2, 0.25) is 0 Å². The molecule has 2 amide bonds. The summed E-state index contributed by atoms with van der Waals surface area (Å²) in [5.41, 5.74) is 1.61. The minimum atomic E-state index is -0.633. The summed E-state index contributed by atoms with van der Waals surface area (Å²) in [7, 11) is 0. The van der Waals surface area contributed by atoms with Gasteiger partial charge in [0.2, 0.25) is 11.8 Å². The Morgan fingerprint density at radius 2 is 1.70 bits per heavy atom. The molecule has 0 aromatic heterocycles. The predicted molar refractivity (Wildman–Crippen MR) is 95.9 cm³/mol. The Kier molecular flexibility index (Phi) is 6.11. The average molecular weight is 373 g/mol. The van der Waals surface area contributed by atoms with E-state index in [-0.39, 0.29) is 11.8 Å². The molecule has 4 nitrogen and oxygen atoms in total. The lowest BCUT2D eigenvalue weighted by Gasteiger charge is -2.13. The number of carbonyl (C=O) groups is 2. The van der Waals surface area contributed by atoms with E-state index in [1.54, 1.807) is 25.1 Å². The van der Waals surface area contributed by atoms with Gasteiger partial charge in [0.1, 0.15) is 6.04 Å². The molecule has 0 saturated heterocycles. The fourth-order valence-corrected chi connectivity index (χ4v) is 2.11. The zero-order valence-corrected chi connectivity index (χ0v) is 14.2. The Balaban J connectivity index is 1.86. The molecule has 2 rings (SSSR count). The van der Waals surface area contributed by atoms with Crippen molar-refractivity contribution in [2.24, 2.45) is 0 Å². The molecular formula is C18H17BrN2O2. The van der Waals surface area contributed by atoms with E-state index in [1.165, 1.54) is 6.08 Å². The lowest BCUT2D eigenvalue weighted by Crippen LogP contribution is -2.40. The molecule has 0 radical (unpaired) electrons. The van der Waals surface area contributed by atoms with Gasteiger partial charge in [0.05, 0.1) is 0 Å². The fraction of sp³-hybridized carbons (Fsp3) is 0.111. The first kappa shape index (κ1) is 17.0. The van der Waals surface area contributed by atoms with Crippen LogP contribution in [-0.4, -0.2) is 17.9 Å². The Hall–Kier alpha value is -2.40. The van der Waals surface area contributed by atoms with Crippen LogP contribution in [0.5, 0.6) is 0 Å². The van der Waals surface area contributed by atoms with Gasteiger partial charge in [-0.1, -0.05) is 46.3 Å². The van der Waals surface area contributed by atoms with Crippen LogP contribution in [-0.2, 0) is 9.59 Å². The molecule has 0 fully saturated rings. The van der Waals surface area contributed by atoms with Crippen molar-refractivity contribution in [3.05, 3.63) is 70.7 Å². The Bertz CT molecular complexity index is 697. The highest BCUT2D eigenvalue weighted by Crippen LogP contribution is 2.14. The van der Waals surface area contributed by atoms with Crippen LogP contribution in [0.4, 0.5) is 5.69 Å². The minimum absolute atomic E-state index is 0.270. The summed E-state index contributed by atoms with van der Waals surface area (Å²) in [6, 6.07) is 16.1. The predicted octanol–water partition coefficient (Wildman–Crippen LogP) is 3.61. The third-order valence-corrected chi connectivity index (χ3v) is 3.62. The fourth-order valence-electron chi connectivity index (χ4n) is 1.85. The topological polar surface area (TPSA) is 58.2 Å². The van der Waals surface area contributed by atoms with E-state index >= 15 is 0 Å². The van der Waals surface area contributed by atoms with Crippen LogP contribution in [0.1, 0.15) is 12.5 Å². The molecule has 1 atom stereocenters. The molecular weight excluding hydrogens is 356 g/mol. The molecule has 0 saturated carbocycles. The van der Waals surface area contributed by atoms with Gasteiger partial charge in [-0.25, -0.2) is 0 Å². The number of hydrogen-bond donors (Lipinski definition) is 2. The average Bonchev–Trinajstić information content (AvgIpc) is 2.56. The van der Waals surface area contributed by atoms with Crippen LogP contribution in [0.25, 0.3) is 6.08 Å². The molecule has 0 aliphatic carbocycles. The molecule has 118 valence electrons. The van der Waals surface area contributed by atoms with E-state index in [0.29, 0.717) is 5.69 Å². The van der Waals surface area contributed by atoms with Crippen molar-refractivity contribution in [3.63, 3.8) is 0 Å². The van der Waals surface area contributed by atoms with Gasteiger partial charge in [0, 0.05) is 16.2 Å². The van der Waals surface area contributed by atoms with Crippen LogP contribution in [0.3, 0.4) is 0 Å². The monoisotopic (exact) mass is 372 g/mol. The van der Waals surface area contributed by atoms with Crippen LogP contribution >= 0.6 is 15.9 Å². The van der Waals surface area contributed by atoms with E-state index in [2.05, 4.69) is 26.6 Å². The summed E-state index contributed by atoms with van der Waals surface area (Å²) in [5, 5.41) is 5.38. The zero-order valence-electron chi connectivity index (χ0n) is 12.6. The van der Waals surface area contributed by atoms with Gasteiger partial charge in [-0.15, -0.1) is 0 Å². The zero-order chi connectivity index (χ0) is 16.7. The smallest absolute Gasteiger partial charge is 0.246 e. The highest BCUT2D eigenvalue weighted by molar-refractivity contribution is 9.10. The molecule has 2 aromatic rings. The highest BCUT2D eigenvalue weighted by Gasteiger charge is 2.14. The van der Waals surface area contributed by atoms with Crippen molar-refractivity contribution in [1.82, 2.24) is 5.32 Å². The van der Waals surface area contributed by atoms with Crippen molar-refractivity contribution in [3.8, 4) is 0 Å². The summed E-state index contributed by atoms with van der Waals surface area (Å²) < 4.78 is 0.933. The number of carbonyl (C=O) groups excluding carboxylic acids is 2. The number of amides is 2. The molecule has 23 heavy (non-hydrogen) atoms. The van der Waals surface area contributed by atoms with E-state index in [1.807, 2.05) is 42.5 Å². The van der Waals surface area contributed by atoms with E-state index in [9.17, 15) is 9.59 Å². The normalized spacial score (nSPS) is 11.9. The number of anilines is 1. The molecule has 5 heteroatoms. The molecule has 2 N–H and O–H groups in total. The molecule has 2 aromatic carbocycles. The van der Waals surface area contributed by atoms with E-state index in [0.717, 1.165) is 10.0 Å². The summed E-state index contributed by atoms with van der Waals surface area (Å²) in [6.07, 6.45) is 3.12. The molecule has 0 heterocycles. The number of halogens is 1. The summed E-state index contributed by atoms with van der Waals surface area (Å²) in [6.45, 7) is 1.64. The molecule has 0 aliphatic heterocycles. The van der Waals surface area contributed by atoms with Crippen LogP contribution in [0, 0.1) is 0 Å². The van der Waals surface area contributed by atoms with Crippen molar-refractivity contribution in [1.29, 1.82) is 0 Å². The van der Waals surface area contributed by atoms with Gasteiger partial charge in [0.15, 0.2) is 0 Å². The van der Waals surface area contributed by atoms with Crippen molar-refractivity contribution in [2.75, 3.05) is 5.32 Å². The summed E-state index contributed by atoms with van der Waals surface area (Å²) in [4.78, 5) is 23.9. The van der Waals surface area contributed by atoms with Gasteiger partial charge >= 0.3 is 0 Å². The second kappa shape index (κ2) is 8.29. The third-order valence-electron chi connectivity index (χ3n) is 3.09. The quantitative estimate of drug-likeness (QED) is 0.787. The summed E-state index contributed by atoms with van der Waals surface area (Å²) >= 11 is 3.33.